The van der Waals surface area contributed by atoms with Crippen LogP contribution < -0.4 is 0 Å². The van der Waals surface area contributed by atoms with Gasteiger partial charge < -0.3 is 5.11 Å². The maximum atomic E-state index is 12.9. The molecule has 0 aliphatic heterocycles. The molecule has 0 heterocycles. The number of nitro groups is 1. The summed E-state index contributed by atoms with van der Waals surface area (Å²) in [5.41, 5.74) is 0.722. The van der Waals surface area contributed by atoms with Crippen molar-refractivity contribution in [3.8, 4) is 0 Å². The zero-order valence-electron chi connectivity index (χ0n) is 8.48. The van der Waals surface area contributed by atoms with Crippen LogP contribution in [0, 0.1) is 22.9 Å². The number of hydrogen-bond acceptors (Lipinski definition) is 3. The number of nitrogens with zero attached hydrogens (tertiary/aromatic N) is 1. The minimum absolute atomic E-state index is 0.359. The molecule has 0 bridgehead atoms. The molecular formula is C10H12FNO3. The molecule has 0 spiro atoms. The van der Waals surface area contributed by atoms with E-state index in [-0.39, 0.29) is 5.82 Å². The molecule has 1 aromatic carbocycles. The highest BCUT2D eigenvalue weighted by Crippen LogP contribution is 2.20. The van der Waals surface area contributed by atoms with Crippen LogP contribution in [0.15, 0.2) is 18.2 Å². The van der Waals surface area contributed by atoms with Gasteiger partial charge in [0.25, 0.3) is 0 Å². The molecule has 2 unspecified atom stereocenters. The Kier molecular flexibility index (Phi) is 3.36. The summed E-state index contributed by atoms with van der Waals surface area (Å²) < 4.78 is 12.9. The predicted molar refractivity (Wildman–Crippen MR) is 52.6 cm³/mol. The molecule has 2 atom stereocenters. The third-order valence-electron chi connectivity index (χ3n) is 2.31. The van der Waals surface area contributed by atoms with E-state index in [1.165, 1.54) is 25.1 Å². The maximum Gasteiger partial charge on any atom is 0.239 e. The van der Waals surface area contributed by atoms with Gasteiger partial charge in [-0.1, -0.05) is 12.1 Å². The minimum atomic E-state index is -1.21. The van der Waals surface area contributed by atoms with E-state index in [0.29, 0.717) is 11.1 Å². The smallest absolute Gasteiger partial charge is 0.239 e. The van der Waals surface area contributed by atoms with Crippen LogP contribution in [-0.2, 0) is 0 Å². The first-order chi connectivity index (χ1) is 6.93. The number of benzene rings is 1. The Morgan fingerprint density at radius 2 is 2.13 bits per heavy atom. The van der Waals surface area contributed by atoms with E-state index >= 15 is 0 Å². The standard InChI is InChI=1S/C10H12FNO3/c1-6-5-8(3-4-9(6)11)10(13)7(2)12(14)15/h3-5,7,10,13H,1-2H3. The van der Waals surface area contributed by atoms with Crippen LogP contribution in [0.5, 0.6) is 0 Å². The molecule has 0 aromatic heterocycles. The van der Waals surface area contributed by atoms with Crippen molar-refractivity contribution in [1.29, 1.82) is 0 Å². The first-order valence-electron chi connectivity index (χ1n) is 4.51. The summed E-state index contributed by atoms with van der Waals surface area (Å²) in [5, 5.41) is 20.0. The summed E-state index contributed by atoms with van der Waals surface area (Å²) in [7, 11) is 0. The van der Waals surface area contributed by atoms with Gasteiger partial charge in [-0.2, -0.15) is 0 Å². The van der Waals surface area contributed by atoms with Crippen LogP contribution >= 0.6 is 0 Å². The fourth-order valence-electron chi connectivity index (χ4n) is 1.25. The van der Waals surface area contributed by atoms with E-state index in [1.54, 1.807) is 6.92 Å². The van der Waals surface area contributed by atoms with Gasteiger partial charge in [0.05, 0.1) is 0 Å². The third-order valence-corrected chi connectivity index (χ3v) is 2.31. The molecule has 0 fully saturated rings. The van der Waals surface area contributed by atoms with Crippen molar-refractivity contribution in [3.63, 3.8) is 0 Å². The Morgan fingerprint density at radius 3 is 2.60 bits per heavy atom. The molecule has 5 heteroatoms. The molecule has 82 valence electrons. The van der Waals surface area contributed by atoms with Gasteiger partial charge in [-0.25, -0.2) is 4.39 Å². The highest BCUT2D eigenvalue weighted by Gasteiger charge is 2.25. The lowest BCUT2D eigenvalue weighted by Gasteiger charge is -2.13. The second kappa shape index (κ2) is 4.35. The molecule has 0 saturated carbocycles. The van der Waals surface area contributed by atoms with Crippen LogP contribution in [0.3, 0.4) is 0 Å². The molecule has 4 nitrogen and oxygen atoms in total. The molecule has 15 heavy (non-hydrogen) atoms. The highest BCUT2D eigenvalue weighted by molar-refractivity contribution is 5.26. The molecule has 1 N–H and O–H groups in total. The monoisotopic (exact) mass is 213 g/mol. The van der Waals surface area contributed by atoms with Crippen LogP contribution in [0.1, 0.15) is 24.2 Å². The second-order valence-corrected chi connectivity index (χ2v) is 3.48. The van der Waals surface area contributed by atoms with E-state index in [1.807, 2.05) is 0 Å². The summed E-state index contributed by atoms with van der Waals surface area (Å²) in [5.74, 6) is -0.389. The third kappa shape index (κ3) is 2.50. The molecular weight excluding hydrogens is 201 g/mol. The average Bonchev–Trinajstić information content (AvgIpc) is 2.19. The van der Waals surface area contributed by atoms with Crippen LogP contribution in [0.4, 0.5) is 4.39 Å². The Hall–Kier alpha value is -1.49. The largest absolute Gasteiger partial charge is 0.381 e. The molecule has 0 radical (unpaired) electrons. The number of aliphatic hydroxyl groups excluding tert-OH is 1. The molecule has 0 aliphatic rings. The molecule has 0 saturated heterocycles. The Bertz CT molecular complexity index is 381. The summed E-state index contributed by atoms with van der Waals surface area (Å²) >= 11 is 0. The average molecular weight is 213 g/mol. The van der Waals surface area contributed by atoms with Gasteiger partial charge in [-0.3, -0.25) is 10.1 Å². The van der Waals surface area contributed by atoms with E-state index in [0.717, 1.165) is 0 Å². The zero-order chi connectivity index (χ0) is 11.6. The zero-order valence-corrected chi connectivity index (χ0v) is 8.48. The van der Waals surface area contributed by atoms with Crippen molar-refractivity contribution < 1.29 is 14.4 Å². The van der Waals surface area contributed by atoms with Gasteiger partial charge in [0.2, 0.25) is 6.04 Å². The Morgan fingerprint density at radius 1 is 1.53 bits per heavy atom. The maximum absolute atomic E-state index is 12.9. The fourth-order valence-corrected chi connectivity index (χ4v) is 1.25. The van der Waals surface area contributed by atoms with Gasteiger partial charge in [0, 0.05) is 11.8 Å². The fraction of sp³-hybridized carbons (Fsp3) is 0.400. The number of hydrogen-bond donors (Lipinski definition) is 1. The van der Waals surface area contributed by atoms with Gasteiger partial charge in [-0.15, -0.1) is 0 Å². The highest BCUT2D eigenvalue weighted by atomic mass is 19.1. The van der Waals surface area contributed by atoms with Crippen molar-refractivity contribution in [2.24, 2.45) is 0 Å². The lowest BCUT2D eigenvalue weighted by molar-refractivity contribution is -0.531. The van der Waals surface area contributed by atoms with Gasteiger partial charge in [-0.05, 0) is 24.1 Å². The number of aryl methyl sites for hydroxylation is 1. The minimum Gasteiger partial charge on any atom is -0.381 e. The van der Waals surface area contributed by atoms with E-state index in [2.05, 4.69) is 0 Å². The van der Waals surface area contributed by atoms with Gasteiger partial charge in [0.1, 0.15) is 11.9 Å². The SMILES string of the molecule is Cc1cc(C(O)C(C)[N+](=O)[O-])ccc1F. The molecule has 0 amide bonds. The second-order valence-electron chi connectivity index (χ2n) is 3.48. The first kappa shape index (κ1) is 11.6. The van der Waals surface area contributed by atoms with Crippen molar-refractivity contribution in [2.75, 3.05) is 0 Å². The molecule has 1 aromatic rings. The predicted octanol–water partition coefficient (Wildman–Crippen LogP) is 1.83. The van der Waals surface area contributed by atoms with Gasteiger partial charge in [0.15, 0.2) is 0 Å². The van der Waals surface area contributed by atoms with E-state index in [9.17, 15) is 19.6 Å². The molecule has 0 aliphatic carbocycles. The Balaban J connectivity index is 2.96. The van der Waals surface area contributed by atoms with Gasteiger partial charge >= 0.3 is 0 Å². The summed E-state index contributed by atoms with van der Waals surface area (Å²) in [6.07, 6.45) is -1.21. The van der Waals surface area contributed by atoms with Crippen LogP contribution in [0.2, 0.25) is 0 Å². The summed E-state index contributed by atoms with van der Waals surface area (Å²) in [6, 6.07) is 2.86. The lowest BCUT2D eigenvalue weighted by Crippen LogP contribution is -2.24. The van der Waals surface area contributed by atoms with Crippen LogP contribution in [0.25, 0.3) is 0 Å². The summed E-state index contributed by atoms with van der Waals surface area (Å²) in [6.45, 7) is 2.85. The van der Waals surface area contributed by atoms with E-state index < -0.39 is 17.1 Å². The van der Waals surface area contributed by atoms with Crippen molar-refractivity contribution in [3.05, 3.63) is 45.3 Å². The molecule has 1 rings (SSSR count). The number of halogens is 1. The van der Waals surface area contributed by atoms with Crippen molar-refractivity contribution >= 4 is 0 Å². The van der Waals surface area contributed by atoms with Crippen LogP contribution in [-0.4, -0.2) is 16.1 Å². The lowest BCUT2D eigenvalue weighted by atomic mass is 10.0. The quantitative estimate of drug-likeness (QED) is 0.615. The van der Waals surface area contributed by atoms with Crippen molar-refractivity contribution in [1.82, 2.24) is 0 Å². The number of aliphatic hydroxyl groups is 1. The normalized spacial score (nSPS) is 14.7. The first-order valence-corrected chi connectivity index (χ1v) is 4.51. The topological polar surface area (TPSA) is 63.4 Å². The van der Waals surface area contributed by atoms with Crippen molar-refractivity contribution in [2.45, 2.75) is 26.0 Å². The number of rotatable bonds is 3. The summed E-state index contributed by atoms with van der Waals surface area (Å²) in [4.78, 5) is 9.87. The van der Waals surface area contributed by atoms with E-state index in [4.69, 9.17) is 0 Å². The Labute approximate surface area is 86.5 Å².